The molecule has 5 nitrogen and oxygen atoms in total. The molecule has 4 rings (SSSR count). The molecule has 0 N–H and O–H groups in total. The topological polar surface area (TPSA) is 47.4 Å². The van der Waals surface area contributed by atoms with Crippen molar-refractivity contribution in [2.45, 2.75) is 19.9 Å². The van der Waals surface area contributed by atoms with Gasteiger partial charge in [-0.1, -0.05) is 0 Å². The van der Waals surface area contributed by atoms with Crippen molar-refractivity contribution in [3.63, 3.8) is 0 Å². The second kappa shape index (κ2) is 7.11. The van der Waals surface area contributed by atoms with Crippen LogP contribution in [0.4, 0.5) is 4.39 Å². The number of carbonyl (C=O) groups is 1. The number of amides is 1. The fourth-order valence-corrected chi connectivity index (χ4v) is 3.84. The molecule has 0 saturated carbocycles. The number of benzene rings is 2. The lowest BCUT2D eigenvalue weighted by molar-refractivity contribution is 0.0732. The van der Waals surface area contributed by atoms with Crippen molar-refractivity contribution in [2.24, 2.45) is 7.05 Å². The van der Waals surface area contributed by atoms with E-state index >= 15 is 0 Å². The van der Waals surface area contributed by atoms with Gasteiger partial charge in [-0.05, 0) is 61.4 Å². The Morgan fingerprint density at radius 2 is 1.93 bits per heavy atom. The molecule has 144 valence electrons. The Labute approximate surface area is 163 Å². The number of rotatable bonds is 3. The van der Waals surface area contributed by atoms with Gasteiger partial charge in [-0.15, -0.1) is 0 Å². The van der Waals surface area contributed by atoms with E-state index in [0.29, 0.717) is 25.1 Å². The zero-order valence-corrected chi connectivity index (χ0v) is 16.2. The van der Waals surface area contributed by atoms with E-state index in [-0.39, 0.29) is 11.7 Å². The molecule has 1 aliphatic heterocycles. The van der Waals surface area contributed by atoms with Crippen LogP contribution in [0.2, 0.25) is 0 Å². The maximum absolute atomic E-state index is 13.9. The highest BCUT2D eigenvalue weighted by Gasteiger charge is 2.27. The lowest BCUT2D eigenvalue weighted by Crippen LogP contribution is -2.35. The largest absolute Gasteiger partial charge is 0.497 e. The molecule has 2 aromatic carbocycles. The fourth-order valence-electron chi connectivity index (χ4n) is 3.84. The van der Waals surface area contributed by atoms with Gasteiger partial charge in [0.05, 0.1) is 25.0 Å². The molecule has 1 aliphatic rings. The van der Waals surface area contributed by atoms with E-state index < -0.39 is 0 Å². The molecule has 0 fully saturated rings. The SMILES string of the molecule is COc1ccc(C(=O)N2CCc3c(nn(C)c3-c3cc(C)cc(F)c3)C2)cc1. The maximum Gasteiger partial charge on any atom is 0.254 e. The van der Waals surface area contributed by atoms with E-state index in [9.17, 15) is 9.18 Å². The average Bonchev–Trinajstić information content (AvgIpc) is 3.01. The number of hydrogen-bond acceptors (Lipinski definition) is 3. The van der Waals surface area contributed by atoms with Crippen molar-refractivity contribution < 1.29 is 13.9 Å². The van der Waals surface area contributed by atoms with Crippen molar-refractivity contribution in [2.75, 3.05) is 13.7 Å². The average molecular weight is 379 g/mol. The molecule has 3 aromatic rings. The van der Waals surface area contributed by atoms with Crippen molar-refractivity contribution in [1.82, 2.24) is 14.7 Å². The summed E-state index contributed by atoms with van der Waals surface area (Å²) in [6.07, 6.45) is 0.690. The Kier molecular flexibility index (Phi) is 4.63. The standard InChI is InChI=1S/C22H22FN3O2/c1-14-10-16(12-17(23)11-14)21-19-8-9-26(13-20(19)24-25(21)2)22(27)15-4-6-18(28-3)7-5-15/h4-7,10-12H,8-9,13H2,1-3H3. The van der Waals surface area contributed by atoms with Gasteiger partial charge in [0.2, 0.25) is 0 Å². The number of fused-ring (bicyclic) bond motifs is 1. The smallest absolute Gasteiger partial charge is 0.254 e. The van der Waals surface area contributed by atoms with Gasteiger partial charge >= 0.3 is 0 Å². The minimum atomic E-state index is -0.253. The zero-order valence-electron chi connectivity index (χ0n) is 16.2. The number of nitrogens with zero attached hydrogens (tertiary/aromatic N) is 3. The first-order chi connectivity index (χ1) is 13.5. The molecule has 28 heavy (non-hydrogen) atoms. The summed E-state index contributed by atoms with van der Waals surface area (Å²) in [6, 6.07) is 12.1. The molecule has 0 radical (unpaired) electrons. The fraction of sp³-hybridized carbons (Fsp3) is 0.273. The number of methoxy groups -OCH3 is 1. The van der Waals surface area contributed by atoms with Crippen molar-refractivity contribution in [3.8, 4) is 17.0 Å². The monoisotopic (exact) mass is 379 g/mol. The first kappa shape index (κ1) is 18.2. The van der Waals surface area contributed by atoms with Crippen LogP contribution in [-0.4, -0.2) is 34.2 Å². The van der Waals surface area contributed by atoms with Crippen molar-refractivity contribution >= 4 is 5.91 Å². The van der Waals surface area contributed by atoms with E-state index in [4.69, 9.17) is 4.74 Å². The van der Waals surface area contributed by atoms with Crippen molar-refractivity contribution in [1.29, 1.82) is 0 Å². The van der Waals surface area contributed by atoms with Gasteiger partial charge in [0, 0.05) is 30.3 Å². The molecular weight excluding hydrogens is 357 g/mol. The summed E-state index contributed by atoms with van der Waals surface area (Å²) in [7, 11) is 3.46. The van der Waals surface area contributed by atoms with Gasteiger partial charge in [-0.2, -0.15) is 5.10 Å². The van der Waals surface area contributed by atoms with Gasteiger partial charge < -0.3 is 9.64 Å². The van der Waals surface area contributed by atoms with Crippen LogP contribution in [0.5, 0.6) is 5.75 Å². The molecule has 0 bridgehead atoms. The van der Waals surface area contributed by atoms with Gasteiger partial charge in [0.15, 0.2) is 0 Å². The highest BCUT2D eigenvalue weighted by Crippen LogP contribution is 2.31. The molecule has 0 saturated heterocycles. The van der Waals surface area contributed by atoms with Gasteiger partial charge in [-0.25, -0.2) is 4.39 Å². The van der Waals surface area contributed by atoms with E-state index in [2.05, 4.69) is 5.10 Å². The third kappa shape index (κ3) is 3.26. The normalized spacial score (nSPS) is 13.4. The van der Waals surface area contributed by atoms with Gasteiger partial charge in [0.1, 0.15) is 11.6 Å². The molecule has 0 aliphatic carbocycles. The molecule has 1 aromatic heterocycles. The quantitative estimate of drug-likeness (QED) is 0.696. The van der Waals surface area contributed by atoms with Crippen LogP contribution in [-0.2, 0) is 20.0 Å². The summed E-state index contributed by atoms with van der Waals surface area (Å²) >= 11 is 0. The van der Waals surface area contributed by atoms with Crippen LogP contribution in [0, 0.1) is 12.7 Å². The van der Waals surface area contributed by atoms with Crippen molar-refractivity contribution in [3.05, 3.63) is 70.7 Å². The highest BCUT2D eigenvalue weighted by atomic mass is 19.1. The molecular formula is C22H22FN3O2. The summed E-state index contributed by atoms with van der Waals surface area (Å²) in [5.74, 6) is 0.441. The lowest BCUT2D eigenvalue weighted by atomic mass is 9.98. The van der Waals surface area contributed by atoms with E-state index in [1.165, 1.54) is 6.07 Å². The van der Waals surface area contributed by atoms with E-state index in [1.807, 2.05) is 20.0 Å². The van der Waals surface area contributed by atoms with Crippen LogP contribution < -0.4 is 4.74 Å². The number of ether oxygens (including phenoxy) is 1. The predicted molar refractivity (Wildman–Crippen MR) is 105 cm³/mol. The summed E-state index contributed by atoms with van der Waals surface area (Å²) in [5.41, 5.74) is 5.20. The minimum absolute atomic E-state index is 0.0258. The first-order valence-corrected chi connectivity index (χ1v) is 9.22. The Balaban J connectivity index is 1.62. The molecule has 0 unspecified atom stereocenters. The Morgan fingerprint density at radius 1 is 1.18 bits per heavy atom. The third-order valence-corrected chi connectivity index (χ3v) is 5.14. The number of aryl methyl sites for hydroxylation is 2. The van der Waals surface area contributed by atoms with Crippen LogP contribution in [0.15, 0.2) is 42.5 Å². The Bertz CT molecular complexity index is 1020. The van der Waals surface area contributed by atoms with Crippen LogP contribution in [0.25, 0.3) is 11.3 Å². The first-order valence-electron chi connectivity index (χ1n) is 9.22. The second-order valence-electron chi connectivity index (χ2n) is 7.12. The highest BCUT2D eigenvalue weighted by molar-refractivity contribution is 5.94. The number of carbonyl (C=O) groups excluding carboxylic acids is 1. The van der Waals surface area contributed by atoms with Gasteiger partial charge in [-0.3, -0.25) is 9.48 Å². The van der Waals surface area contributed by atoms with E-state index in [0.717, 1.165) is 33.8 Å². The molecule has 1 amide bonds. The third-order valence-electron chi connectivity index (χ3n) is 5.14. The zero-order chi connectivity index (χ0) is 19.8. The second-order valence-corrected chi connectivity index (χ2v) is 7.12. The summed E-state index contributed by atoms with van der Waals surface area (Å²) in [5, 5.41) is 4.62. The number of aromatic nitrogens is 2. The van der Waals surface area contributed by atoms with Crippen LogP contribution in [0.1, 0.15) is 27.2 Å². The predicted octanol–water partition coefficient (Wildman–Crippen LogP) is 3.74. The number of hydrogen-bond donors (Lipinski definition) is 0. The Hall–Kier alpha value is -3.15. The Morgan fingerprint density at radius 3 is 2.61 bits per heavy atom. The van der Waals surface area contributed by atoms with E-state index in [1.54, 1.807) is 47.0 Å². The summed E-state index contributed by atoms with van der Waals surface area (Å²) in [4.78, 5) is 14.7. The lowest BCUT2D eigenvalue weighted by Gasteiger charge is -2.26. The maximum atomic E-state index is 13.9. The van der Waals surface area contributed by atoms with Gasteiger partial charge in [0.25, 0.3) is 5.91 Å². The number of halogens is 1. The minimum Gasteiger partial charge on any atom is -0.497 e. The molecule has 6 heteroatoms. The molecule has 0 atom stereocenters. The summed E-state index contributed by atoms with van der Waals surface area (Å²) in [6.45, 7) is 2.93. The van der Waals surface area contributed by atoms with Crippen LogP contribution in [0.3, 0.4) is 0 Å². The molecule has 0 spiro atoms. The summed E-state index contributed by atoms with van der Waals surface area (Å²) < 4.78 is 20.8. The van der Waals surface area contributed by atoms with Crippen LogP contribution >= 0.6 is 0 Å². The molecule has 2 heterocycles.